The van der Waals surface area contributed by atoms with Gasteiger partial charge >= 0.3 is 6.18 Å². The molecular formula is C20H26F3N5O2. The summed E-state index contributed by atoms with van der Waals surface area (Å²) in [7, 11) is 1.57. The van der Waals surface area contributed by atoms with Gasteiger partial charge in [0.05, 0.1) is 13.7 Å². The quantitative estimate of drug-likeness (QED) is 0.767. The van der Waals surface area contributed by atoms with Gasteiger partial charge in [0.1, 0.15) is 12.1 Å². The van der Waals surface area contributed by atoms with E-state index in [1.807, 2.05) is 18.2 Å². The van der Waals surface area contributed by atoms with Crippen LogP contribution in [-0.4, -0.2) is 57.2 Å². The van der Waals surface area contributed by atoms with Gasteiger partial charge in [-0.3, -0.25) is 4.90 Å². The maximum absolute atomic E-state index is 13.6. The predicted molar refractivity (Wildman–Crippen MR) is 104 cm³/mol. The van der Waals surface area contributed by atoms with Crippen molar-refractivity contribution in [1.29, 1.82) is 0 Å². The first-order chi connectivity index (χ1) is 14.4. The third-order valence-corrected chi connectivity index (χ3v) is 6.07. The number of aliphatic hydroxyl groups excluding tert-OH is 1. The zero-order valence-corrected chi connectivity index (χ0v) is 16.8. The van der Waals surface area contributed by atoms with E-state index in [1.54, 1.807) is 7.11 Å². The molecule has 1 aromatic carbocycles. The molecule has 2 aliphatic heterocycles. The molecule has 164 valence electrons. The summed E-state index contributed by atoms with van der Waals surface area (Å²) < 4.78 is 46.9. The van der Waals surface area contributed by atoms with Crippen molar-refractivity contribution in [3.8, 4) is 5.75 Å². The second kappa shape index (κ2) is 8.43. The van der Waals surface area contributed by atoms with Crippen molar-refractivity contribution in [1.82, 2.24) is 19.7 Å². The van der Waals surface area contributed by atoms with E-state index in [4.69, 9.17) is 4.74 Å². The fourth-order valence-corrected chi connectivity index (χ4v) is 4.60. The Hall–Kier alpha value is -2.33. The number of aromatic nitrogens is 3. The standard InChI is InChI=1S/C20H26F3N5O2/c1-30-17-5-4-13(7-15(17)11-29)9-27-6-2-3-14(10-27)16-8-18(20(21,22)23)28-19(26-16)24-12-25-28/h4-5,7,12,14,16,18,29H,2-3,6,8-11H2,1H3,(H,24,25,26)/t14?,16-,18+/m0/s1. The van der Waals surface area contributed by atoms with Crippen molar-refractivity contribution >= 4 is 5.95 Å². The van der Waals surface area contributed by atoms with Gasteiger partial charge in [-0.15, -0.1) is 0 Å². The molecule has 0 aliphatic carbocycles. The van der Waals surface area contributed by atoms with Gasteiger partial charge in [0.25, 0.3) is 0 Å². The van der Waals surface area contributed by atoms with Crippen molar-refractivity contribution in [2.45, 2.75) is 50.7 Å². The first-order valence-corrected chi connectivity index (χ1v) is 10.1. The summed E-state index contributed by atoms with van der Waals surface area (Å²) in [6.07, 6.45) is -1.44. The molecular weight excluding hydrogens is 399 g/mol. The molecule has 1 saturated heterocycles. The number of nitrogens with zero attached hydrogens (tertiary/aromatic N) is 4. The summed E-state index contributed by atoms with van der Waals surface area (Å²) in [4.78, 5) is 6.24. The molecule has 2 aromatic rings. The number of benzene rings is 1. The van der Waals surface area contributed by atoms with E-state index >= 15 is 0 Å². The topological polar surface area (TPSA) is 75.4 Å². The van der Waals surface area contributed by atoms with Gasteiger partial charge in [-0.2, -0.15) is 23.3 Å². The Balaban J connectivity index is 1.46. The number of likely N-dealkylation sites (tertiary alicyclic amines) is 1. The fraction of sp³-hybridized carbons (Fsp3) is 0.600. The lowest BCUT2D eigenvalue weighted by atomic mass is 9.86. The molecule has 1 aromatic heterocycles. The molecule has 10 heteroatoms. The summed E-state index contributed by atoms with van der Waals surface area (Å²) >= 11 is 0. The summed E-state index contributed by atoms with van der Waals surface area (Å²) in [6.45, 7) is 2.17. The molecule has 7 nitrogen and oxygen atoms in total. The number of fused-ring (bicyclic) bond motifs is 1. The summed E-state index contributed by atoms with van der Waals surface area (Å²) in [5, 5.41) is 16.5. The zero-order chi connectivity index (χ0) is 21.3. The normalized spacial score (nSPS) is 24.9. The summed E-state index contributed by atoms with van der Waals surface area (Å²) in [6, 6.07) is 3.77. The average Bonchev–Trinajstić information content (AvgIpc) is 3.21. The fourth-order valence-electron chi connectivity index (χ4n) is 4.60. The smallest absolute Gasteiger partial charge is 0.411 e. The van der Waals surface area contributed by atoms with E-state index in [2.05, 4.69) is 20.3 Å². The number of methoxy groups -OCH3 is 1. The van der Waals surface area contributed by atoms with E-state index in [0.29, 0.717) is 18.8 Å². The molecule has 0 radical (unpaired) electrons. The van der Waals surface area contributed by atoms with Gasteiger partial charge in [-0.1, -0.05) is 6.07 Å². The highest BCUT2D eigenvalue weighted by atomic mass is 19.4. The van der Waals surface area contributed by atoms with Crippen LogP contribution in [0.25, 0.3) is 0 Å². The Bertz CT molecular complexity index is 872. The van der Waals surface area contributed by atoms with Crippen LogP contribution in [0.15, 0.2) is 24.5 Å². The zero-order valence-electron chi connectivity index (χ0n) is 16.8. The molecule has 0 saturated carbocycles. The number of piperidine rings is 1. The van der Waals surface area contributed by atoms with Crippen LogP contribution in [0.1, 0.15) is 36.4 Å². The molecule has 4 rings (SSSR count). The number of nitrogens with one attached hydrogen (secondary N) is 1. The van der Waals surface area contributed by atoms with Crippen LogP contribution < -0.4 is 10.1 Å². The van der Waals surface area contributed by atoms with E-state index < -0.39 is 12.2 Å². The molecule has 1 fully saturated rings. The Morgan fingerprint density at radius 3 is 2.90 bits per heavy atom. The van der Waals surface area contributed by atoms with Crippen molar-refractivity contribution in [2.75, 3.05) is 25.5 Å². The second-order valence-electron chi connectivity index (χ2n) is 8.01. The van der Waals surface area contributed by atoms with Gasteiger partial charge in [-0.25, -0.2) is 4.68 Å². The Labute approximate surface area is 172 Å². The number of ether oxygens (including phenoxy) is 1. The van der Waals surface area contributed by atoms with Gasteiger partial charge in [0.2, 0.25) is 5.95 Å². The number of halogens is 3. The lowest BCUT2D eigenvalue weighted by Gasteiger charge is -2.41. The van der Waals surface area contributed by atoms with Crippen LogP contribution >= 0.6 is 0 Å². The van der Waals surface area contributed by atoms with Gasteiger partial charge in [0, 0.05) is 24.7 Å². The SMILES string of the molecule is COc1ccc(CN2CCCC([C@@H]3C[C@H](C(F)(F)F)n4ncnc4N3)C2)cc1CO. The minimum absolute atomic E-state index is 0.0461. The van der Waals surface area contributed by atoms with Crippen molar-refractivity contribution in [3.63, 3.8) is 0 Å². The lowest BCUT2D eigenvalue weighted by molar-refractivity contribution is -0.174. The molecule has 3 atom stereocenters. The first-order valence-electron chi connectivity index (χ1n) is 10.1. The van der Waals surface area contributed by atoms with E-state index in [0.717, 1.165) is 35.2 Å². The third-order valence-electron chi connectivity index (χ3n) is 6.07. The van der Waals surface area contributed by atoms with Crippen LogP contribution in [-0.2, 0) is 13.2 Å². The highest BCUT2D eigenvalue weighted by molar-refractivity contribution is 5.37. The maximum atomic E-state index is 13.6. The molecule has 0 amide bonds. The molecule has 1 unspecified atom stereocenters. The highest BCUT2D eigenvalue weighted by Crippen LogP contribution is 2.41. The third kappa shape index (κ3) is 4.24. The lowest BCUT2D eigenvalue weighted by Crippen LogP contribution is -2.47. The number of hydrogen-bond donors (Lipinski definition) is 2. The van der Waals surface area contributed by atoms with Gasteiger partial charge < -0.3 is 15.2 Å². The van der Waals surface area contributed by atoms with Crippen LogP contribution in [0.4, 0.5) is 19.1 Å². The van der Waals surface area contributed by atoms with E-state index in [-0.39, 0.29) is 30.9 Å². The van der Waals surface area contributed by atoms with Gasteiger partial charge in [-0.05, 0) is 49.4 Å². The predicted octanol–water partition coefficient (Wildman–Crippen LogP) is 2.98. The van der Waals surface area contributed by atoms with Crippen molar-refractivity contribution < 1.29 is 23.0 Å². The summed E-state index contributed by atoms with van der Waals surface area (Å²) in [5.74, 6) is 0.921. The van der Waals surface area contributed by atoms with E-state index in [9.17, 15) is 18.3 Å². The average molecular weight is 425 g/mol. The Morgan fingerprint density at radius 2 is 2.17 bits per heavy atom. The van der Waals surface area contributed by atoms with Crippen LogP contribution in [0, 0.1) is 5.92 Å². The Morgan fingerprint density at radius 1 is 1.33 bits per heavy atom. The molecule has 2 N–H and O–H groups in total. The van der Waals surface area contributed by atoms with Gasteiger partial charge in [0.15, 0.2) is 6.04 Å². The Kier molecular flexibility index (Phi) is 5.88. The first kappa shape index (κ1) is 20.9. The molecule has 3 heterocycles. The number of aliphatic hydroxyl groups is 1. The number of anilines is 1. The number of hydrogen-bond acceptors (Lipinski definition) is 6. The highest BCUT2D eigenvalue weighted by Gasteiger charge is 2.48. The molecule has 2 aliphatic rings. The van der Waals surface area contributed by atoms with Crippen molar-refractivity contribution in [3.05, 3.63) is 35.7 Å². The molecule has 0 spiro atoms. The molecule has 30 heavy (non-hydrogen) atoms. The van der Waals surface area contributed by atoms with Crippen molar-refractivity contribution in [2.24, 2.45) is 5.92 Å². The summed E-state index contributed by atoms with van der Waals surface area (Å²) in [5.41, 5.74) is 1.77. The minimum atomic E-state index is -4.36. The molecule has 0 bridgehead atoms. The largest absolute Gasteiger partial charge is 0.496 e. The minimum Gasteiger partial charge on any atom is -0.496 e. The monoisotopic (exact) mass is 425 g/mol. The van der Waals surface area contributed by atoms with Crippen LogP contribution in [0.5, 0.6) is 5.75 Å². The van der Waals surface area contributed by atoms with E-state index in [1.165, 1.54) is 6.33 Å². The number of alkyl halides is 3. The van der Waals surface area contributed by atoms with Crippen LogP contribution in [0.3, 0.4) is 0 Å². The van der Waals surface area contributed by atoms with Crippen LogP contribution in [0.2, 0.25) is 0 Å². The maximum Gasteiger partial charge on any atom is 0.411 e. The number of rotatable bonds is 5. The second-order valence-corrected chi connectivity index (χ2v) is 8.01.